The minimum atomic E-state index is -0.0889. The van der Waals surface area contributed by atoms with Gasteiger partial charge >= 0.3 is 0 Å². The van der Waals surface area contributed by atoms with Crippen LogP contribution in [0.4, 0.5) is 0 Å². The Labute approximate surface area is 121 Å². The average molecular weight is 276 g/mol. The molecule has 4 heteroatoms. The highest BCUT2D eigenvalue weighted by molar-refractivity contribution is 5.81. The molecule has 20 heavy (non-hydrogen) atoms. The average Bonchev–Trinajstić information content (AvgIpc) is 2.46. The van der Waals surface area contributed by atoms with Crippen LogP contribution in [-0.2, 0) is 4.79 Å². The molecule has 0 aromatic heterocycles. The number of aryl methyl sites for hydroxylation is 1. The van der Waals surface area contributed by atoms with Gasteiger partial charge in [0.15, 0.2) is 0 Å². The smallest absolute Gasteiger partial charge is 0.239 e. The SMILES string of the molecule is COc1ccc(C)cc1C1CCNC(C(=O)N(C)C)C1. The number of nitrogens with one attached hydrogen (secondary N) is 1. The van der Waals surface area contributed by atoms with Crippen molar-refractivity contribution in [2.75, 3.05) is 27.7 Å². The van der Waals surface area contributed by atoms with Crippen LogP contribution in [0.2, 0.25) is 0 Å². The second kappa shape index (κ2) is 6.27. The zero-order chi connectivity index (χ0) is 14.7. The van der Waals surface area contributed by atoms with Gasteiger partial charge < -0.3 is 15.0 Å². The van der Waals surface area contributed by atoms with Gasteiger partial charge in [-0.15, -0.1) is 0 Å². The number of ether oxygens (including phenoxy) is 1. The van der Waals surface area contributed by atoms with E-state index in [0.717, 1.165) is 25.1 Å². The first-order valence-corrected chi connectivity index (χ1v) is 7.12. The fourth-order valence-corrected chi connectivity index (χ4v) is 2.87. The monoisotopic (exact) mass is 276 g/mol. The van der Waals surface area contributed by atoms with E-state index in [-0.39, 0.29) is 11.9 Å². The minimum Gasteiger partial charge on any atom is -0.496 e. The van der Waals surface area contributed by atoms with Crippen LogP contribution in [0.5, 0.6) is 5.75 Å². The van der Waals surface area contributed by atoms with Gasteiger partial charge in [0.2, 0.25) is 5.91 Å². The number of carbonyl (C=O) groups is 1. The number of nitrogens with zero attached hydrogens (tertiary/aromatic N) is 1. The first kappa shape index (κ1) is 14.9. The highest BCUT2D eigenvalue weighted by Gasteiger charge is 2.30. The summed E-state index contributed by atoms with van der Waals surface area (Å²) in [5.74, 6) is 1.46. The van der Waals surface area contributed by atoms with Crippen molar-refractivity contribution >= 4 is 5.91 Å². The van der Waals surface area contributed by atoms with Crippen molar-refractivity contribution in [3.63, 3.8) is 0 Å². The van der Waals surface area contributed by atoms with Gasteiger partial charge in [0.1, 0.15) is 5.75 Å². The fourth-order valence-electron chi connectivity index (χ4n) is 2.87. The number of rotatable bonds is 3. The second-order valence-corrected chi connectivity index (χ2v) is 5.71. The standard InChI is InChI=1S/C16H24N2O2/c1-11-5-6-15(20-4)13(9-11)12-7-8-17-14(10-12)16(19)18(2)3/h5-6,9,12,14,17H,7-8,10H2,1-4H3. The topological polar surface area (TPSA) is 41.6 Å². The van der Waals surface area contributed by atoms with Crippen LogP contribution < -0.4 is 10.1 Å². The van der Waals surface area contributed by atoms with E-state index in [4.69, 9.17) is 4.74 Å². The van der Waals surface area contributed by atoms with Crippen molar-refractivity contribution in [1.29, 1.82) is 0 Å². The van der Waals surface area contributed by atoms with Crippen molar-refractivity contribution in [3.05, 3.63) is 29.3 Å². The fraction of sp³-hybridized carbons (Fsp3) is 0.562. The Morgan fingerprint density at radius 3 is 2.80 bits per heavy atom. The lowest BCUT2D eigenvalue weighted by atomic mass is 9.85. The third-order valence-corrected chi connectivity index (χ3v) is 3.97. The van der Waals surface area contributed by atoms with Gasteiger partial charge in [-0.3, -0.25) is 4.79 Å². The molecule has 2 rings (SSSR count). The molecule has 0 radical (unpaired) electrons. The highest BCUT2D eigenvalue weighted by Crippen LogP contribution is 2.35. The van der Waals surface area contributed by atoms with Crippen molar-refractivity contribution in [2.24, 2.45) is 0 Å². The Balaban J connectivity index is 2.20. The molecule has 1 fully saturated rings. The first-order valence-electron chi connectivity index (χ1n) is 7.12. The van der Waals surface area contributed by atoms with Crippen molar-refractivity contribution < 1.29 is 9.53 Å². The summed E-state index contributed by atoms with van der Waals surface area (Å²) < 4.78 is 5.48. The Bertz CT molecular complexity index is 485. The molecule has 2 atom stereocenters. The van der Waals surface area contributed by atoms with E-state index in [2.05, 4.69) is 24.4 Å². The van der Waals surface area contributed by atoms with E-state index in [1.54, 1.807) is 26.1 Å². The molecule has 1 amide bonds. The molecule has 1 aliphatic rings. The van der Waals surface area contributed by atoms with E-state index in [9.17, 15) is 4.79 Å². The summed E-state index contributed by atoms with van der Waals surface area (Å²) in [4.78, 5) is 13.8. The Morgan fingerprint density at radius 2 is 2.15 bits per heavy atom. The molecule has 0 spiro atoms. The predicted octanol–water partition coefficient (Wildman–Crippen LogP) is 1.93. The number of likely N-dealkylation sites (N-methyl/N-ethyl adjacent to an activating group) is 1. The zero-order valence-electron chi connectivity index (χ0n) is 12.8. The molecule has 1 N–H and O–H groups in total. The number of hydrogen-bond donors (Lipinski definition) is 1. The lowest BCUT2D eigenvalue weighted by Crippen LogP contribution is -2.47. The van der Waals surface area contributed by atoms with Crippen molar-refractivity contribution in [1.82, 2.24) is 10.2 Å². The number of amides is 1. The zero-order valence-corrected chi connectivity index (χ0v) is 12.8. The molecule has 2 unspecified atom stereocenters. The summed E-state index contributed by atoms with van der Waals surface area (Å²) in [6.45, 7) is 2.96. The summed E-state index contributed by atoms with van der Waals surface area (Å²) in [6.07, 6.45) is 1.87. The molecule has 0 bridgehead atoms. The molecule has 4 nitrogen and oxygen atoms in total. The van der Waals surface area contributed by atoms with Crippen LogP contribution >= 0.6 is 0 Å². The number of hydrogen-bond acceptors (Lipinski definition) is 3. The Kier molecular flexibility index (Phi) is 4.65. The summed E-state index contributed by atoms with van der Waals surface area (Å²) in [6, 6.07) is 6.18. The molecule has 1 aliphatic heterocycles. The van der Waals surface area contributed by atoms with Crippen molar-refractivity contribution in [2.45, 2.75) is 31.7 Å². The van der Waals surface area contributed by atoms with E-state index in [1.165, 1.54) is 11.1 Å². The largest absolute Gasteiger partial charge is 0.496 e. The number of carbonyl (C=O) groups excluding carboxylic acids is 1. The van der Waals surface area contributed by atoms with Crippen LogP contribution in [0, 0.1) is 6.92 Å². The number of piperidine rings is 1. The first-order chi connectivity index (χ1) is 9.52. The van der Waals surface area contributed by atoms with Crippen LogP contribution in [0.1, 0.15) is 29.9 Å². The van der Waals surface area contributed by atoms with Crippen molar-refractivity contribution in [3.8, 4) is 5.75 Å². The summed E-state index contributed by atoms with van der Waals surface area (Å²) in [5, 5.41) is 3.32. The molecule has 1 aromatic carbocycles. The highest BCUT2D eigenvalue weighted by atomic mass is 16.5. The molecule has 1 saturated heterocycles. The summed E-state index contributed by atoms with van der Waals surface area (Å²) >= 11 is 0. The lowest BCUT2D eigenvalue weighted by molar-refractivity contribution is -0.131. The van der Waals surface area contributed by atoms with Crippen LogP contribution in [0.3, 0.4) is 0 Å². The van der Waals surface area contributed by atoms with Gasteiger partial charge in [-0.25, -0.2) is 0 Å². The van der Waals surface area contributed by atoms with Crippen LogP contribution in [-0.4, -0.2) is 44.6 Å². The van der Waals surface area contributed by atoms with Gasteiger partial charge in [0, 0.05) is 14.1 Å². The van der Waals surface area contributed by atoms with Crippen LogP contribution in [0.25, 0.3) is 0 Å². The molecular weight excluding hydrogens is 252 g/mol. The van der Waals surface area contributed by atoms with Crippen LogP contribution in [0.15, 0.2) is 18.2 Å². The lowest BCUT2D eigenvalue weighted by Gasteiger charge is -2.32. The molecule has 0 saturated carbocycles. The quantitative estimate of drug-likeness (QED) is 0.917. The normalized spacial score (nSPS) is 22.4. The summed E-state index contributed by atoms with van der Waals surface area (Å²) in [5.41, 5.74) is 2.46. The number of methoxy groups -OCH3 is 1. The molecular formula is C16H24N2O2. The van der Waals surface area contributed by atoms with E-state index in [1.807, 2.05) is 6.07 Å². The van der Waals surface area contributed by atoms with Gasteiger partial charge in [-0.1, -0.05) is 17.7 Å². The third kappa shape index (κ3) is 3.12. The van der Waals surface area contributed by atoms with E-state index < -0.39 is 0 Å². The Morgan fingerprint density at radius 1 is 1.40 bits per heavy atom. The van der Waals surface area contributed by atoms with Gasteiger partial charge in [0.05, 0.1) is 13.2 Å². The number of benzene rings is 1. The second-order valence-electron chi connectivity index (χ2n) is 5.71. The van der Waals surface area contributed by atoms with E-state index in [0.29, 0.717) is 5.92 Å². The summed E-state index contributed by atoms with van der Waals surface area (Å²) in [7, 11) is 5.32. The van der Waals surface area contributed by atoms with Gasteiger partial charge in [-0.05, 0) is 43.9 Å². The molecule has 1 aromatic rings. The minimum absolute atomic E-state index is 0.0889. The maximum absolute atomic E-state index is 12.1. The predicted molar refractivity (Wildman–Crippen MR) is 80.2 cm³/mol. The van der Waals surface area contributed by atoms with E-state index >= 15 is 0 Å². The molecule has 110 valence electrons. The molecule has 0 aliphatic carbocycles. The molecule has 1 heterocycles. The maximum atomic E-state index is 12.1. The Hall–Kier alpha value is -1.55. The maximum Gasteiger partial charge on any atom is 0.239 e. The third-order valence-electron chi connectivity index (χ3n) is 3.97. The van der Waals surface area contributed by atoms with Gasteiger partial charge in [0.25, 0.3) is 0 Å². The van der Waals surface area contributed by atoms with Gasteiger partial charge in [-0.2, -0.15) is 0 Å².